The molecular weight excluding hydrogens is 464 g/mol. The molecule has 1 unspecified atom stereocenters. The van der Waals surface area contributed by atoms with Crippen LogP contribution >= 0.6 is 11.6 Å². The van der Waals surface area contributed by atoms with E-state index in [2.05, 4.69) is 10.5 Å². The van der Waals surface area contributed by atoms with Gasteiger partial charge in [0.25, 0.3) is 5.89 Å². The standard InChI is InChI=1S/C27H23ClN4O3/c1-17-23(26-30-25(31-35-26)20-9-6-10-22(15-20)34-2)24(19-11-13-21(28)14-12-19)29-27(33)32(17)16-18-7-4-3-5-8-18/h3-15,24H,16H2,1-2H3,(H,29,33). The number of carbonyl (C=O) groups excluding carboxylic acids is 1. The lowest BCUT2D eigenvalue weighted by Crippen LogP contribution is -2.45. The molecule has 176 valence electrons. The van der Waals surface area contributed by atoms with Crippen LogP contribution in [0, 0.1) is 0 Å². The van der Waals surface area contributed by atoms with E-state index < -0.39 is 6.04 Å². The number of methoxy groups -OCH3 is 1. The lowest BCUT2D eigenvalue weighted by atomic mass is 9.94. The van der Waals surface area contributed by atoms with Gasteiger partial charge in [-0.3, -0.25) is 4.90 Å². The van der Waals surface area contributed by atoms with Gasteiger partial charge in [-0.1, -0.05) is 71.4 Å². The van der Waals surface area contributed by atoms with Crippen molar-refractivity contribution in [1.29, 1.82) is 0 Å². The summed E-state index contributed by atoms with van der Waals surface area (Å²) in [6.07, 6.45) is 0. The normalized spacial score (nSPS) is 15.8. The summed E-state index contributed by atoms with van der Waals surface area (Å²) in [6, 6.07) is 23.9. The zero-order valence-corrected chi connectivity index (χ0v) is 20.0. The number of urea groups is 1. The lowest BCUT2D eigenvalue weighted by Gasteiger charge is -2.35. The Labute approximate surface area is 208 Å². The molecule has 3 aromatic carbocycles. The zero-order chi connectivity index (χ0) is 24.4. The quantitative estimate of drug-likeness (QED) is 0.356. The van der Waals surface area contributed by atoms with Crippen molar-refractivity contribution in [3.05, 3.63) is 107 Å². The minimum absolute atomic E-state index is 0.206. The highest BCUT2D eigenvalue weighted by atomic mass is 35.5. The number of hydrogen-bond donors (Lipinski definition) is 1. The van der Waals surface area contributed by atoms with E-state index in [0.717, 1.165) is 28.0 Å². The van der Waals surface area contributed by atoms with Gasteiger partial charge in [0, 0.05) is 16.3 Å². The van der Waals surface area contributed by atoms with Crippen molar-refractivity contribution in [3.8, 4) is 17.1 Å². The number of ether oxygens (including phenoxy) is 1. The highest BCUT2D eigenvalue weighted by Crippen LogP contribution is 2.38. The third-order valence-electron chi connectivity index (χ3n) is 5.97. The van der Waals surface area contributed by atoms with Crippen LogP contribution in [0.2, 0.25) is 5.02 Å². The fraction of sp³-hybridized carbons (Fsp3) is 0.148. The summed E-state index contributed by atoms with van der Waals surface area (Å²) in [5.41, 5.74) is 4.09. The van der Waals surface area contributed by atoms with Crippen LogP contribution in [-0.2, 0) is 6.54 Å². The maximum absolute atomic E-state index is 13.2. The molecule has 0 bridgehead atoms. The van der Waals surface area contributed by atoms with E-state index in [9.17, 15) is 4.79 Å². The van der Waals surface area contributed by atoms with Crippen LogP contribution in [0.15, 0.2) is 89.1 Å². The van der Waals surface area contributed by atoms with Crippen molar-refractivity contribution in [3.63, 3.8) is 0 Å². The first kappa shape index (κ1) is 22.7. The molecule has 0 spiro atoms. The van der Waals surface area contributed by atoms with Crippen molar-refractivity contribution in [2.75, 3.05) is 7.11 Å². The lowest BCUT2D eigenvalue weighted by molar-refractivity contribution is 0.203. The molecule has 7 nitrogen and oxygen atoms in total. The fourth-order valence-corrected chi connectivity index (χ4v) is 4.26. The number of benzene rings is 3. The van der Waals surface area contributed by atoms with E-state index in [1.165, 1.54) is 0 Å². The third kappa shape index (κ3) is 4.63. The Morgan fingerprint density at radius 3 is 2.57 bits per heavy atom. The first-order valence-corrected chi connectivity index (χ1v) is 11.5. The zero-order valence-electron chi connectivity index (χ0n) is 19.2. The number of carbonyl (C=O) groups is 1. The first-order chi connectivity index (χ1) is 17.0. The van der Waals surface area contributed by atoms with Crippen molar-refractivity contribution in [2.45, 2.75) is 19.5 Å². The summed E-state index contributed by atoms with van der Waals surface area (Å²) in [5.74, 6) is 1.46. The second kappa shape index (κ2) is 9.64. The monoisotopic (exact) mass is 486 g/mol. The number of allylic oxidation sites excluding steroid dienone is 1. The molecule has 2 amide bonds. The SMILES string of the molecule is COc1cccc(-c2noc(C3=C(C)N(Cc4ccccc4)C(=O)NC3c3ccc(Cl)cc3)n2)c1. The molecule has 1 N–H and O–H groups in total. The Morgan fingerprint density at radius 2 is 1.83 bits per heavy atom. The molecule has 0 saturated carbocycles. The molecule has 1 aromatic heterocycles. The molecule has 2 heterocycles. The highest BCUT2D eigenvalue weighted by Gasteiger charge is 2.35. The Hall–Kier alpha value is -4.10. The van der Waals surface area contributed by atoms with Crippen LogP contribution in [0.3, 0.4) is 0 Å². The molecule has 0 radical (unpaired) electrons. The molecule has 1 aliphatic rings. The summed E-state index contributed by atoms with van der Waals surface area (Å²) in [7, 11) is 1.61. The summed E-state index contributed by atoms with van der Waals surface area (Å²) in [6.45, 7) is 2.31. The Kier molecular flexibility index (Phi) is 6.25. The minimum Gasteiger partial charge on any atom is -0.497 e. The van der Waals surface area contributed by atoms with Crippen LogP contribution < -0.4 is 10.1 Å². The number of nitrogens with zero attached hydrogens (tertiary/aromatic N) is 3. The van der Waals surface area contributed by atoms with Gasteiger partial charge in [0.15, 0.2) is 0 Å². The van der Waals surface area contributed by atoms with Gasteiger partial charge in [0.05, 0.1) is 25.3 Å². The molecule has 8 heteroatoms. The predicted molar refractivity (Wildman–Crippen MR) is 134 cm³/mol. The van der Waals surface area contributed by atoms with Crippen LogP contribution in [0.4, 0.5) is 4.79 Å². The van der Waals surface area contributed by atoms with E-state index in [-0.39, 0.29) is 6.03 Å². The molecule has 4 aromatic rings. The third-order valence-corrected chi connectivity index (χ3v) is 6.22. The summed E-state index contributed by atoms with van der Waals surface area (Å²) >= 11 is 6.11. The summed E-state index contributed by atoms with van der Waals surface area (Å²) < 4.78 is 11.1. The van der Waals surface area contributed by atoms with E-state index in [0.29, 0.717) is 29.0 Å². The van der Waals surface area contributed by atoms with Crippen molar-refractivity contribution >= 4 is 23.2 Å². The van der Waals surface area contributed by atoms with Gasteiger partial charge in [0.2, 0.25) is 5.82 Å². The molecule has 1 aliphatic heterocycles. The smallest absolute Gasteiger partial charge is 0.322 e. The van der Waals surface area contributed by atoms with Crippen LogP contribution in [0.5, 0.6) is 5.75 Å². The highest BCUT2D eigenvalue weighted by molar-refractivity contribution is 6.30. The molecule has 35 heavy (non-hydrogen) atoms. The second-order valence-electron chi connectivity index (χ2n) is 8.16. The first-order valence-electron chi connectivity index (χ1n) is 11.1. The van der Waals surface area contributed by atoms with Crippen LogP contribution in [0.1, 0.15) is 30.0 Å². The molecule has 0 fully saturated rings. The Balaban J connectivity index is 1.59. The maximum Gasteiger partial charge on any atom is 0.322 e. The minimum atomic E-state index is -0.481. The number of aromatic nitrogens is 2. The van der Waals surface area contributed by atoms with Gasteiger partial charge in [-0.25, -0.2) is 4.79 Å². The second-order valence-corrected chi connectivity index (χ2v) is 8.60. The van der Waals surface area contributed by atoms with Crippen molar-refractivity contribution in [1.82, 2.24) is 20.4 Å². The maximum atomic E-state index is 13.2. The molecule has 5 rings (SSSR count). The molecule has 0 saturated heterocycles. The van der Waals surface area contributed by atoms with Gasteiger partial charge in [-0.2, -0.15) is 4.98 Å². The summed E-state index contributed by atoms with van der Waals surface area (Å²) in [4.78, 5) is 19.6. The van der Waals surface area contributed by atoms with E-state index in [1.54, 1.807) is 24.1 Å². The number of halogens is 1. The Bertz CT molecular complexity index is 1380. The summed E-state index contributed by atoms with van der Waals surface area (Å²) in [5, 5.41) is 7.93. The number of nitrogens with one attached hydrogen (secondary N) is 1. The fourth-order valence-electron chi connectivity index (χ4n) is 4.13. The molecular formula is C27H23ClN4O3. The van der Waals surface area contributed by atoms with Gasteiger partial charge < -0.3 is 14.6 Å². The van der Waals surface area contributed by atoms with E-state index in [4.69, 9.17) is 25.8 Å². The number of rotatable bonds is 6. The van der Waals surface area contributed by atoms with Gasteiger partial charge in [-0.05, 0) is 42.3 Å². The van der Waals surface area contributed by atoms with Gasteiger partial charge >= 0.3 is 6.03 Å². The largest absolute Gasteiger partial charge is 0.497 e. The Morgan fingerprint density at radius 1 is 1.06 bits per heavy atom. The molecule has 1 atom stereocenters. The van der Waals surface area contributed by atoms with Crippen LogP contribution in [-0.4, -0.2) is 28.2 Å². The molecule has 0 aliphatic carbocycles. The van der Waals surface area contributed by atoms with Crippen LogP contribution in [0.25, 0.3) is 17.0 Å². The topological polar surface area (TPSA) is 80.5 Å². The number of amides is 2. The van der Waals surface area contributed by atoms with Gasteiger partial charge in [-0.15, -0.1) is 0 Å². The number of hydrogen-bond acceptors (Lipinski definition) is 5. The van der Waals surface area contributed by atoms with Gasteiger partial charge in [0.1, 0.15) is 5.75 Å². The van der Waals surface area contributed by atoms with E-state index in [1.807, 2.05) is 73.7 Å². The predicted octanol–water partition coefficient (Wildman–Crippen LogP) is 6.10. The average Bonchev–Trinajstić information content (AvgIpc) is 3.37. The van der Waals surface area contributed by atoms with Crippen molar-refractivity contribution in [2.24, 2.45) is 0 Å². The average molecular weight is 487 g/mol. The van der Waals surface area contributed by atoms with E-state index >= 15 is 0 Å². The van der Waals surface area contributed by atoms with Crippen molar-refractivity contribution < 1.29 is 14.1 Å².